The summed E-state index contributed by atoms with van der Waals surface area (Å²) in [7, 11) is 0. The first-order chi connectivity index (χ1) is 8.49. The second kappa shape index (κ2) is 5.09. The van der Waals surface area contributed by atoms with E-state index >= 15 is 0 Å². The molecule has 2 unspecified atom stereocenters. The molecule has 0 aliphatic heterocycles. The van der Waals surface area contributed by atoms with Crippen LogP contribution in [0.5, 0.6) is 0 Å². The summed E-state index contributed by atoms with van der Waals surface area (Å²) < 4.78 is 13.4. The number of nitrogens with two attached hydrogens (primary N) is 1. The fraction of sp³-hybridized carbons (Fsp3) is 0.533. The highest BCUT2D eigenvalue weighted by molar-refractivity contribution is 6.02. The van der Waals surface area contributed by atoms with Crippen LogP contribution in [-0.4, -0.2) is 5.78 Å². The standard InChI is InChI=1S/C15H20FNO/c1-9-6-10(2)8-11(7-9)15(18)12-4-3-5-13(16)14(12)17/h3-5,9-11H,6-8,17H2,1-2H3. The van der Waals surface area contributed by atoms with Gasteiger partial charge >= 0.3 is 0 Å². The Morgan fingerprint density at radius 2 is 1.83 bits per heavy atom. The molecule has 2 N–H and O–H groups in total. The molecule has 2 nitrogen and oxygen atoms in total. The lowest BCUT2D eigenvalue weighted by Gasteiger charge is -2.30. The lowest BCUT2D eigenvalue weighted by molar-refractivity contribution is 0.0836. The monoisotopic (exact) mass is 249 g/mol. The molecule has 0 saturated heterocycles. The molecule has 0 aromatic heterocycles. The predicted molar refractivity (Wildman–Crippen MR) is 70.8 cm³/mol. The normalized spacial score (nSPS) is 28.1. The molecule has 0 bridgehead atoms. The van der Waals surface area contributed by atoms with Crippen LogP contribution in [0.4, 0.5) is 10.1 Å². The second-order valence-corrected chi connectivity index (χ2v) is 5.68. The summed E-state index contributed by atoms with van der Waals surface area (Å²) in [6.45, 7) is 4.34. The zero-order valence-corrected chi connectivity index (χ0v) is 10.9. The van der Waals surface area contributed by atoms with Crippen LogP contribution < -0.4 is 5.73 Å². The number of hydrogen-bond acceptors (Lipinski definition) is 2. The van der Waals surface area contributed by atoms with Crippen molar-refractivity contribution in [3.05, 3.63) is 29.6 Å². The van der Waals surface area contributed by atoms with Gasteiger partial charge in [-0.3, -0.25) is 4.79 Å². The summed E-state index contributed by atoms with van der Waals surface area (Å²) in [4.78, 5) is 12.4. The van der Waals surface area contributed by atoms with Gasteiger partial charge in [0.1, 0.15) is 5.82 Å². The number of benzene rings is 1. The minimum absolute atomic E-state index is 0.00500. The van der Waals surface area contributed by atoms with Crippen LogP contribution >= 0.6 is 0 Å². The highest BCUT2D eigenvalue weighted by Gasteiger charge is 2.30. The van der Waals surface area contributed by atoms with E-state index in [0.717, 1.165) is 12.8 Å². The van der Waals surface area contributed by atoms with Crippen molar-refractivity contribution in [2.24, 2.45) is 17.8 Å². The molecule has 0 radical (unpaired) electrons. The van der Waals surface area contributed by atoms with Gasteiger partial charge in [-0.1, -0.05) is 19.9 Å². The van der Waals surface area contributed by atoms with Crippen molar-refractivity contribution in [2.45, 2.75) is 33.1 Å². The van der Waals surface area contributed by atoms with Crippen molar-refractivity contribution in [3.63, 3.8) is 0 Å². The molecule has 1 aromatic rings. The van der Waals surface area contributed by atoms with Crippen molar-refractivity contribution in [1.82, 2.24) is 0 Å². The van der Waals surface area contributed by atoms with E-state index in [2.05, 4.69) is 13.8 Å². The number of Topliss-reactive ketones (excluding diaryl/α,β-unsaturated/α-hetero) is 1. The third kappa shape index (κ3) is 2.55. The molecular weight excluding hydrogens is 229 g/mol. The van der Waals surface area contributed by atoms with Gasteiger partial charge < -0.3 is 5.73 Å². The molecule has 1 saturated carbocycles. The molecule has 18 heavy (non-hydrogen) atoms. The fourth-order valence-corrected chi connectivity index (χ4v) is 3.13. The summed E-state index contributed by atoms with van der Waals surface area (Å²) in [6, 6.07) is 4.47. The van der Waals surface area contributed by atoms with Gasteiger partial charge in [0.25, 0.3) is 0 Å². The topological polar surface area (TPSA) is 43.1 Å². The first-order valence-electron chi connectivity index (χ1n) is 6.57. The van der Waals surface area contributed by atoms with E-state index in [-0.39, 0.29) is 17.4 Å². The molecular formula is C15H20FNO. The lowest BCUT2D eigenvalue weighted by Crippen LogP contribution is -2.26. The summed E-state index contributed by atoms with van der Waals surface area (Å²) in [5.74, 6) is 0.603. The number of rotatable bonds is 2. The number of para-hydroxylation sites is 1. The van der Waals surface area contributed by atoms with E-state index in [9.17, 15) is 9.18 Å². The summed E-state index contributed by atoms with van der Waals surface area (Å²) in [6.07, 6.45) is 2.95. The minimum Gasteiger partial charge on any atom is -0.396 e. The number of carbonyl (C=O) groups excluding carboxylic acids is 1. The van der Waals surface area contributed by atoms with Crippen LogP contribution in [0.2, 0.25) is 0 Å². The van der Waals surface area contributed by atoms with Crippen molar-refractivity contribution < 1.29 is 9.18 Å². The first-order valence-corrected chi connectivity index (χ1v) is 6.57. The summed E-state index contributed by atoms with van der Waals surface area (Å²) in [5.41, 5.74) is 6.01. The summed E-state index contributed by atoms with van der Waals surface area (Å²) in [5, 5.41) is 0. The SMILES string of the molecule is CC1CC(C)CC(C(=O)c2cccc(F)c2N)C1. The fourth-order valence-electron chi connectivity index (χ4n) is 3.13. The third-order valence-electron chi connectivity index (χ3n) is 3.87. The molecule has 2 rings (SSSR count). The maximum Gasteiger partial charge on any atom is 0.168 e. The Kier molecular flexibility index (Phi) is 3.69. The van der Waals surface area contributed by atoms with Crippen molar-refractivity contribution in [2.75, 3.05) is 5.73 Å². The zero-order chi connectivity index (χ0) is 13.3. The second-order valence-electron chi connectivity index (χ2n) is 5.68. The number of hydrogen-bond donors (Lipinski definition) is 1. The number of nitrogen functional groups attached to an aromatic ring is 1. The molecule has 1 fully saturated rings. The average Bonchev–Trinajstić information content (AvgIpc) is 2.30. The number of halogens is 1. The van der Waals surface area contributed by atoms with Crippen LogP contribution in [0.25, 0.3) is 0 Å². The van der Waals surface area contributed by atoms with Crippen molar-refractivity contribution in [3.8, 4) is 0 Å². The Morgan fingerprint density at radius 1 is 1.22 bits per heavy atom. The van der Waals surface area contributed by atoms with Crippen LogP contribution in [0.15, 0.2) is 18.2 Å². The quantitative estimate of drug-likeness (QED) is 0.642. The molecule has 3 heteroatoms. The molecule has 0 spiro atoms. The summed E-state index contributed by atoms with van der Waals surface area (Å²) >= 11 is 0. The Labute approximate surface area is 107 Å². The van der Waals surface area contributed by atoms with Crippen molar-refractivity contribution >= 4 is 11.5 Å². The molecule has 1 aromatic carbocycles. The van der Waals surface area contributed by atoms with E-state index in [1.54, 1.807) is 12.1 Å². The van der Waals surface area contributed by atoms with Gasteiger partial charge in [-0.15, -0.1) is 0 Å². The number of anilines is 1. The maximum absolute atomic E-state index is 13.4. The smallest absolute Gasteiger partial charge is 0.168 e. The molecule has 0 heterocycles. The van der Waals surface area contributed by atoms with Gasteiger partial charge in [-0.05, 0) is 43.2 Å². The van der Waals surface area contributed by atoms with Crippen LogP contribution in [0.3, 0.4) is 0 Å². The van der Waals surface area contributed by atoms with E-state index < -0.39 is 5.82 Å². The maximum atomic E-state index is 13.4. The van der Waals surface area contributed by atoms with E-state index in [4.69, 9.17) is 5.73 Å². The van der Waals surface area contributed by atoms with E-state index in [1.807, 2.05) is 0 Å². The van der Waals surface area contributed by atoms with Crippen LogP contribution in [0.1, 0.15) is 43.5 Å². The molecule has 0 amide bonds. The average molecular weight is 249 g/mol. The van der Waals surface area contributed by atoms with Gasteiger partial charge in [-0.25, -0.2) is 4.39 Å². The molecule has 2 atom stereocenters. The third-order valence-corrected chi connectivity index (χ3v) is 3.87. The molecule has 1 aliphatic carbocycles. The van der Waals surface area contributed by atoms with Crippen LogP contribution in [0, 0.1) is 23.6 Å². The molecule has 1 aliphatic rings. The Morgan fingerprint density at radius 3 is 2.44 bits per heavy atom. The van der Waals surface area contributed by atoms with Crippen molar-refractivity contribution in [1.29, 1.82) is 0 Å². The van der Waals surface area contributed by atoms with E-state index in [1.165, 1.54) is 12.5 Å². The highest BCUT2D eigenvalue weighted by atomic mass is 19.1. The number of ketones is 1. The Bertz CT molecular complexity index is 448. The van der Waals surface area contributed by atoms with Crippen LogP contribution in [-0.2, 0) is 0 Å². The number of carbonyl (C=O) groups is 1. The van der Waals surface area contributed by atoms with E-state index in [0.29, 0.717) is 17.4 Å². The lowest BCUT2D eigenvalue weighted by atomic mass is 9.74. The Balaban J connectivity index is 2.23. The highest BCUT2D eigenvalue weighted by Crippen LogP contribution is 2.35. The first kappa shape index (κ1) is 13.1. The van der Waals surface area contributed by atoms with Gasteiger partial charge in [0.2, 0.25) is 0 Å². The largest absolute Gasteiger partial charge is 0.396 e. The van der Waals surface area contributed by atoms with Gasteiger partial charge in [0, 0.05) is 11.5 Å². The Hall–Kier alpha value is -1.38. The van der Waals surface area contributed by atoms with Gasteiger partial charge in [-0.2, -0.15) is 0 Å². The van der Waals surface area contributed by atoms with Gasteiger partial charge in [0.05, 0.1) is 5.69 Å². The minimum atomic E-state index is -0.502. The molecule has 98 valence electrons. The predicted octanol–water partition coefficient (Wildman–Crippen LogP) is 3.66. The van der Waals surface area contributed by atoms with Gasteiger partial charge in [0.15, 0.2) is 5.78 Å². The zero-order valence-electron chi connectivity index (χ0n) is 10.9.